The molecule has 39 heavy (non-hydrogen) atoms. The van der Waals surface area contributed by atoms with Crippen molar-refractivity contribution in [2.45, 2.75) is 92.3 Å². The van der Waals surface area contributed by atoms with Gasteiger partial charge in [-0.15, -0.1) is 0 Å². The quantitative estimate of drug-likeness (QED) is 0.309. The Balaban J connectivity index is 2.57. The number of nitrogens with zero attached hydrogens (tertiary/aromatic N) is 1. The number of aryl methyl sites for hydroxylation is 2. The zero-order valence-electron chi connectivity index (χ0n) is 24.6. The molecule has 0 bridgehead atoms. The van der Waals surface area contributed by atoms with E-state index in [0.717, 1.165) is 17.5 Å². The van der Waals surface area contributed by atoms with Crippen LogP contribution in [-0.2, 0) is 20.7 Å². The molecule has 0 saturated heterocycles. The molecule has 214 valence electrons. The number of rotatable bonds is 11. The van der Waals surface area contributed by atoms with Crippen LogP contribution in [0.2, 0.25) is 5.02 Å². The van der Waals surface area contributed by atoms with Gasteiger partial charge in [-0.25, -0.2) is 4.79 Å². The van der Waals surface area contributed by atoms with E-state index < -0.39 is 23.8 Å². The number of carbonyl (C=O) groups excluding carboxylic acids is 3. The molecule has 2 N–H and O–H groups in total. The van der Waals surface area contributed by atoms with Crippen LogP contribution in [0.15, 0.2) is 42.5 Å². The van der Waals surface area contributed by atoms with Crippen LogP contribution >= 0.6 is 11.6 Å². The Morgan fingerprint density at radius 2 is 1.67 bits per heavy atom. The number of alkyl carbamates (subject to hydrolysis) is 1. The number of ether oxygens (including phenoxy) is 1. The van der Waals surface area contributed by atoms with Gasteiger partial charge in [0.05, 0.1) is 10.7 Å². The van der Waals surface area contributed by atoms with Crippen molar-refractivity contribution in [3.05, 3.63) is 64.2 Å². The number of halogens is 1. The molecule has 0 fully saturated rings. The fourth-order valence-electron chi connectivity index (χ4n) is 4.29. The van der Waals surface area contributed by atoms with Crippen LogP contribution in [0.25, 0.3) is 0 Å². The predicted molar refractivity (Wildman–Crippen MR) is 158 cm³/mol. The molecule has 0 radical (unpaired) electrons. The van der Waals surface area contributed by atoms with Gasteiger partial charge < -0.3 is 20.3 Å². The van der Waals surface area contributed by atoms with Crippen LogP contribution in [0.5, 0.6) is 0 Å². The highest BCUT2D eigenvalue weighted by molar-refractivity contribution is 6.34. The number of amides is 3. The molecule has 2 rings (SSSR count). The Kier molecular flexibility index (Phi) is 11.8. The Hall–Kier alpha value is -3.06. The van der Waals surface area contributed by atoms with Crippen molar-refractivity contribution in [2.75, 3.05) is 11.9 Å². The van der Waals surface area contributed by atoms with E-state index in [-0.39, 0.29) is 17.7 Å². The van der Waals surface area contributed by atoms with Gasteiger partial charge in [-0.2, -0.15) is 0 Å². The van der Waals surface area contributed by atoms with Crippen molar-refractivity contribution < 1.29 is 19.1 Å². The lowest BCUT2D eigenvalue weighted by molar-refractivity contribution is -0.141. The van der Waals surface area contributed by atoms with Gasteiger partial charge >= 0.3 is 6.09 Å². The van der Waals surface area contributed by atoms with E-state index in [0.29, 0.717) is 35.7 Å². The summed E-state index contributed by atoms with van der Waals surface area (Å²) in [6.07, 6.45) is 1.45. The summed E-state index contributed by atoms with van der Waals surface area (Å²) in [5, 5.41) is 6.18. The number of carbonyl (C=O) groups is 3. The molecule has 0 aliphatic rings. The largest absolute Gasteiger partial charge is 0.444 e. The fraction of sp³-hybridized carbons (Fsp3) is 0.516. The summed E-state index contributed by atoms with van der Waals surface area (Å²) in [6.45, 7) is 15.4. The highest BCUT2D eigenvalue weighted by Crippen LogP contribution is 2.30. The van der Waals surface area contributed by atoms with Crippen LogP contribution < -0.4 is 10.6 Å². The monoisotopic (exact) mass is 557 g/mol. The van der Waals surface area contributed by atoms with Crippen molar-refractivity contribution in [1.29, 1.82) is 0 Å². The summed E-state index contributed by atoms with van der Waals surface area (Å²) in [4.78, 5) is 42.5. The lowest BCUT2D eigenvalue weighted by Gasteiger charge is -2.36. The molecule has 0 heterocycles. The predicted octanol–water partition coefficient (Wildman–Crippen LogP) is 7.07. The van der Waals surface area contributed by atoms with E-state index in [9.17, 15) is 14.4 Å². The molecule has 2 aromatic rings. The Morgan fingerprint density at radius 1 is 1.03 bits per heavy atom. The molecule has 0 aromatic heterocycles. The number of hydrogen-bond acceptors (Lipinski definition) is 4. The van der Waals surface area contributed by atoms with Gasteiger partial charge in [0.15, 0.2) is 0 Å². The Morgan fingerprint density at radius 3 is 2.18 bits per heavy atom. The van der Waals surface area contributed by atoms with E-state index in [4.69, 9.17) is 16.3 Å². The number of anilines is 1. The van der Waals surface area contributed by atoms with Crippen molar-refractivity contribution in [3.63, 3.8) is 0 Å². The number of hydrogen-bond donors (Lipinski definition) is 2. The molecule has 3 amide bonds. The lowest BCUT2D eigenvalue weighted by atomic mass is 9.95. The third-order valence-electron chi connectivity index (χ3n) is 6.63. The summed E-state index contributed by atoms with van der Waals surface area (Å²) in [7, 11) is 0. The van der Waals surface area contributed by atoms with E-state index in [1.807, 2.05) is 64.1 Å². The molecule has 0 saturated carbocycles. The minimum atomic E-state index is -0.939. The fourth-order valence-corrected chi connectivity index (χ4v) is 4.56. The topological polar surface area (TPSA) is 87.7 Å². The second-order valence-corrected chi connectivity index (χ2v) is 11.4. The van der Waals surface area contributed by atoms with Crippen molar-refractivity contribution in [2.24, 2.45) is 5.92 Å². The standard InChI is InChI=1S/C31H44ClN3O4/c1-9-19-35(29(37)26(20(4)10-2)34-30(38)39-31(6,7)8)27(23-17-15-22(11-3)16-18-23)28(36)33-25-21(5)13-12-14-24(25)32/h12-18,20,26-27H,9-11,19H2,1-8H3,(H,33,36)(H,34,38). The van der Waals surface area contributed by atoms with Crippen molar-refractivity contribution in [1.82, 2.24) is 10.2 Å². The number of nitrogens with one attached hydrogen (secondary N) is 2. The maximum Gasteiger partial charge on any atom is 0.408 e. The highest BCUT2D eigenvalue weighted by atomic mass is 35.5. The first-order valence-corrected chi connectivity index (χ1v) is 14.1. The lowest BCUT2D eigenvalue weighted by Crippen LogP contribution is -2.54. The molecule has 8 heteroatoms. The summed E-state index contributed by atoms with van der Waals surface area (Å²) >= 11 is 6.43. The third-order valence-corrected chi connectivity index (χ3v) is 6.95. The average molecular weight is 558 g/mol. The van der Waals surface area contributed by atoms with Crippen LogP contribution in [0, 0.1) is 12.8 Å². The Bertz CT molecular complexity index is 1110. The second-order valence-electron chi connectivity index (χ2n) is 11.0. The molecule has 3 unspecified atom stereocenters. The van der Waals surface area contributed by atoms with Crippen LogP contribution in [0.1, 0.15) is 84.0 Å². The van der Waals surface area contributed by atoms with Gasteiger partial charge in [0.2, 0.25) is 5.91 Å². The summed E-state index contributed by atoms with van der Waals surface area (Å²) in [5.41, 5.74) is 2.41. The number of benzene rings is 2. The average Bonchev–Trinajstić information content (AvgIpc) is 2.87. The van der Waals surface area contributed by atoms with Crippen LogP contribution in [0.3, 0.4) is 0 Å². The van der Waals surface area contributed by atoms with Gasteiger partial charge in [0.1, 0.15) is 17.7 Å². The molecule has 0 spiro atoms. The molecule has 3 atom stereocenters. The SMILES string of the molecule is CCCN(C(=O)C(NC(=O)OC(C)(C)C)C(C)CC)C(C(=O)Nc1c(C)cccc1Cl)c1ccc(CC)cc1. The number of para-hydroxylation sites is 1. The van der Waals surface area contributed by atoms with Gasteiger partial charge in [-0.3, -0.25) is 9.59 Å². The first-order chi connectivity index (χ1) is 18.3. The zero-order valence-corrected chi connectivity index (χ0v) is 25.3. The van der Waals surface area contributed by atoms with E-state index >= 15 is 0 Å². The van der Waals surface area contributed by atoms with E-state index in [1.165, 1.54) is 0 Å². The second kappa shape index (κ2) is 14.4. The van der Waals surface area contributed by atoms with Gasteiger partial charge in [-0.1, -0.05) is 82.1 Å². The van der Waals surface area contributed by atoms with Crippen LogP contribution in [-0.4, -0.2) is 41.0 Å². The minimum absolute atomic E-state index is 0.193. The van der Waals surface area contributed by atoms with E-state index in [2.05, 4.69) is 17.6 Å². The van der Waals surface area contributed by atoms with Gasteiger partial charge in [0, 0.05) is 6.54 Å². The smallest absolute Gasteiger partial charge is 0.408 e. The Labute approximate surface area is 238 Å². The third kappa shape index (κ3) is 8.99. The normalized spacial score (nSPS) is 13.7. The first kappa shape index (κ1) is 32.2. The first-order valence-electron chi connectivity index (χ1n) is 13.8. The molecular weight excluding hydrogens is 514 g/mol. The minimum Gasteiger partial charge on any atom is -0.444 e. The maximum absolute atomic E-state index is 14.2. The maximum atomic E-state index is 14.2. The summed E-state index contributed by atoms with van der Waals surface area (Å²) < 4.78 is 5.46. The van der Waals surface area contributed by atoms with Gasteiger partial charge in [-0.05, 0) is 69.2 Å². The van der Waals surface area contributed by atoms with Crippen molar-refractivity contribution >= 4 is 35.2 Å². The molecule has 0 aliphatic heterocycles. The van der Waals surface area contributed by atoms with Crippen LogP contribution in [0.4, 0.5) is 10.5 Å². The molecular formula is C31H44ClN3O4. The molecule has 0 aliphatic carbocycles. The summed E-state index contributed by atoms with van der Waals surface area (Å²) in [6, 6.07) is 11.3. The van der Waals surface area contributed by atoms with Gasteiger partial charge in [0.25, 0.3) is 5.91 Å². The van der Waals surface area contributed by atoms with E-state index in [1.54, 1.807) is 31.7 Å². The highest BCUT2D eigenvalue weighted by Gasteiger charge is 2.38. The molecule has 2 aromatic carbocycles. The summed E-state index contributed by atoms with van der Waals surface area (Å²) in [5.74, 6) is -0.911. The zero-order chi connectivity index (χ0) is 29.3. The van der Waals surface area contributed by atoms with Crippen molar-refractivity contribution in [3.8, 4) is 0 Å². The molecule has 7 nitrogen and oxygen atoms in total.